The fourth-order valence-corrected chi connectivity index (χ4v) is 2.26. The third-order valence-corrected chi connectivity index (χ3v) is 3.14. The lowest BCUT2D eigenvalue weighted by atomic mass is 10.0. The lowest BCUT2D eigenvalue weighted by Gasteiger charge is -2.09. The van der Waals surface area contributed by atoms with Crippen molar-refractivity contribution in [1.29, 1.82) is 0 Å². The summed E-state index contributed by atoms with van der Waals surface area (Å²) in [5.41, 5.74) is 15.5. The predicted octanol–water partition coefficient (Wildman–Crippen LogP) is 1.71. The molecule has 3 rings (SSSR count). The van der Waals surface area contributed by atoms with Gasteiger partial charge in [0.2, 0.25) is 0 Å². The second kappa shape index (κ2) is 4.70. The van der Waals surface area contributed by atoms with E-state index in [1.807, 2.05) is 24.3 Å². The van der Waals surface area contributed by atoms with Crippen molar-refractivity contribution in [3.8, 4) is 11.3 Å². The van der Waals surface area contributed by atoms with Crippen LogP contribution in [-0.2, 0) is 6.42 Å². The summed E-state index contributed by atoms with van der Waals surface area (Å²) >= 11 is 0. The first-order valence-electron chi connectivity index (χ1n) is 6.17. The minimum atomic E-state index is 0.521. The lowest BCUT2D eigenvalue weighted by Crippen LogP contribution is -2.04. The summed E-state index contributed by atoms with van der Waals surface area (Å²) in [6, 6.07) is 9.89. The molecule has 0 aliphatic heterocycles. The molecule has 1 aromatic carbocycles. The van der Waals surface area contributed by atoms with Crippen LogP contribution in [0.4, 0.5) is 5.82 Å². The molecule has 5 nitrogen and oxygen atoms in total. The van der Waals surface area contributed by atoms with Crippen LogP contribution >= 0.6 is 0 Å². The third kappa shape index (κ3) is 2.15. The van der Waals surface area contributed by atoms with Crippen molar-refractivity contribution in [2.75, 3.05) is 12.3 Å². The Balaban J connectivity index is 2.25. The van der Waals surface area contributed by atoms with Crippen molar-refractivity contribution in [3.05, 3.63) is 42.1 Å². The average molecular weight is 253 g/mol. The van der Waals surface area contributed by atoms with Gasteiger partial charge < -0.3 is 11.5 Å². The van der Waals surface area contributed by atoms with Gasteiger partial charge in [-0.15, -0.1) is 0 Å². The number of nitrogens with one attached hydrogen (secondary N) is 1. The number of anilines is 1. The van der Waals surface area contributed by atoms with E-state index in [2.05, 4.69) is 21.2 Å². The van der Waals surface area contributed by atoms with Gasteiger partial charge in [0.15, 0.2) is 0 Å². The molecule has 0 atom stereocenters. The fraction of sp³-hybridized carbons (Fsp3) is 0.143. The van der Waals surface area contributed by atoms with E-state index in [-0.39, 0.29) is 0 Å². The first-order valence-corrected chi connectivity index (χ1v) is 6.17. The third-order valence-electron chi connectivity index (χ3n) is 3.14. The Morgan fingerprint density at radius 2 is 2.05 bits per heavy atom. The Morgan fingerprint density at radius 3 is 2.79 bits per heavy atom. The largest absolute Gasteiger partial charge is 0.384 e. The van der Waals surface area contributed by atoms with Gasteiger partial charge in [0.1, 0.15) is 5.82 Å². The molecule has 0 saturated carbocycles. The summed E-state index contributed by atoms with van der Waals surface area (Å²) < 4.78 is 0. The van der Waals surface area contributed by atoms with E-state index in [0.717, 1.165) is 28.6 Å². The number of nitrogen functional groups attached to an aromatic ring is 1. The molecule has 19 heavy (non-hydrogen) atoms. The van der Waals surface area contributed by atoms with Crippen molar-refractivity contribution < 1.29 is 0 Å². The maximum absolute atomic E-state index is 5.76. The Labute approximate surface area is 110 Å². The molecular formula is C14H15N5. The van der Waals surface area contributed by atoms with Gasteiger partial charge in [-0.3, -0.25) is 5.10 Å². The topological polar surface area (TPSA) is 93.6 Å². The summed E-state index contributed by atoms with van der Waals surface area (Å²) in [4.78, 5) is 4.39. The fourth-order valence-electron chi connectivity index (χ4n) is 2.26. The molecule has 0 bridgehead atoms. The van der Waals surface area contributed by atoms with Crippen LogP contribution in [0, 0.1) is 0 Å². The molecule has 0 amide bonds. The van der Waals surface area contributed by atoms with Crippen LogP contribution in [0.2, 0.25) is 0 Å². The number of hydrogen-bond acceptors (Lipinski definition) is 4. The quantitative estimate of drug-likeness (QED) is 0.662. The van der Waals surface area contributed by atoms with Crippen LogP contribution in [0.1, 0.15) is 5.56 Å². The van der Waals surface area contributed by atoms with Gasteiger partial charge in [0, 0.05) is 17.1 Å². The van der Waals surface area contributed by atoms with Crippen molar-refractivity contribution in [1.82, 2.24) is 15.2 Å². The molecule has 0 aliphatic rings. The van der Waals surface area contributed by atoms with Crippen molar-refractivity contribution in [2.45, 2.75) is 6.42 Å². The number of benzene rings is 1. The minimum absolute atomic E-state index is 0.521. The highest BCUT2D eigenvalue weighted by molar-refractivity contribution is 5.88. The SMILES string of the molecule is NCCc1cc(-c2ccn[nH]2)cc2nc(N)ccc12. The van der Waals surface area contributed by atoms with E-state index in [0.29, 0.717) is 12.4 Å². The van der Waals surface area contributed by atoms with Crippen LogP contribution in [0.3, 0.4) is 0 Å². The zero-order chi connectivity index (χ0) is 13.2. The van der Waals surface area contributed by atoms with Gasteiger partial charge in [-0.2, -0.15) is 5.10 Å². The molecule has 0 spiro atoms. The highest BCUT2D eigenvalue weighted by Crippen LogP contribution is 2.26. The summed E-state index contributed by atoms with van der Waals surface area (Å²) in [5, 5.41) is 8.04. The number of nitrogens with two attached hydrogens (primary N) is 2. The Morgan fingerprint density at radius 1 is 1.16 bits per heavy atom. The first-order chi connectivity index (χ1) is 9.28. The van der Waals surface area contributed by atoms with Crippen LogP contribution in [-0.4, -0.2) is 21.7 Å². The normalized spacial score (nSPS) is 11.0. The summed E-state index contributed by atoms with van der Waals surface area (Å²) in [6.07, 6.45) is 2.54. The van der Waals surface area contributed by atoms with E-state index in [4.69, 9.17) is 11.5 Å². The number of pyridine rings is 1. The average Bonchev–Trinajstić information content (AvgIpc) is 2.92. The molecule has 96 valence electrons. The Kier molecular flexibility index (Phi) is 2.89. The van der Waals surface area contributed by atoms with Crippen LogP contribution in [0.5, 0.6) is 0 Å². The maximum atomic E-state index is 5.76. The van der Waals surface area contributed by atoms with E-state index >= 15 is 0 Å². The molecule has 2 aromatic heterocycles. The first kappa shape index (κ1) is 11.7. The number of H-pyrrole nitrogens is 1. The van der Waals surface area contributed by atoms with E-state index in [1.165, 1.54) is 5.56 Å². The molecule has 0 unspecified atom stereocenters. The summed E-state index contributed by atoms with van der Waals surface area (Å²) in [7, 11) is 0. The van der Waals surface area contributed by atoms with Gasteiger partial charge >= 0.3 is 0 Å². The van der Waals surface area contributed by atoms with Crippen molar-refractivity contribution >= 4 is 16.7 Å². The predicted molar refractivity (Wildman–Crippen MR) is 76.5 cm³/mol. The Hall–Kier alpha value is -2.40. The number of rotatable bonds is 3. The van der Waals surface area contributed by atoms with Gasteiger partial charge in [0.25, 0.3) is 0 Å². The van der Waals surface area contributed by atoms with E-state index in [9.17, 15) is 0 Å². The molecule has 0 saturated heterocycles. The van der Waals surface area contributed by atoms with Crippen molar-refractivity contribution in [2.24, 2.45) is 5.73 Å². The van der Waals surface area contributed by atoms with E-state index in [1.54, 1.807) is 6.20 Å². The van der Waals surface area contributed by atoms with Gasteiger partial charge in [-0.25, -0.2) is 4.98 Å². The van der Waals surface area contributed by atoms with Crippen molar-refractivity contribution in [3.63, 3.8) is 0 Å². The zero-order valence-corrected chi connectivity index (χ0v) is 10.4. The molecule has 0 aliphatic carbocycles. The molecule has 2 heterocycles. The van der Waals surface area contributed by atoms with E-state index < -0.39 is 0 Å². The summed E-state index contributed by atoms with van der Waals surface area (Å²) in [6.45, 7) is 0.603. The lowest BCUT2D eigenvalue weighted by molar-refractivity contribution is 0.976. The molecule has 0 radical (unpaired) electrons. The highest BCUT2D eigenvalue weighted by Gasteiger charge is 2.07. The number of aromatic nitrogens is 3. The monoisotopic (exact) mass is 253 g/mol. The number of hydrogen-bond donors (Lipinski definition) is 3. The highest BCUT2D eigenvalue weighted by atomic mass is 15.1. The standard InChI is InChI=1S/C14H15N5/c15-5-3-9-7-10(12-4-6-17-19-12)8-13-11(9)1-2-14(16)18-13/h1-2,4,6-8H,3,5,15H2,(H2,16,18)(H,17,19). The molecule has 0 fully saturated rings. The van der Waals surface area contributed by atoms with Crippen LogP contribution in [0.25, 0.3) is 22.2 Å². The van der Waals surface area contributed by atoms with Crippen LogP contribution < -0.4 is 11.5 Å². The minimum Gasteiger partial charge on any atom is -0.384 e. The summed E-state index contributed by atoms with van der Waals surface area (Å²) in [5.74, 6) is 0.521. The smallest absolute Gasteiger partial charge is 0.124 e. The molecule has 3 aromatic rings. The van der Waals surface area contributed by atoms with Gasteiger partial charge in [0.05, 0.1) is 11.2 Å². The van der Waals surface area contributed by atoms with Gasteiger partial charge in [-0.05, 0) is 48.9 Å². The number of nitrogens with zero attached hydrogens (tertiary/aromatic N) is 2. The van der Waals surface area contributed by atoms with Gasteiger partial charge in [-0.1, -0.05) is 0 Å². The molecular weight excluding hydrogens is 238 g/mol. The second-order valence-corrected chi connectivity index (χ2v) is 4.45. The molecule has 5 heteroatoms. The zero-order valence-electron chi connectivity index (χ0n) is 10.4. The second-order valence-electron chi connectivity index (χ2n) is 4.45. The maximum Gasteiger partial charge on any atom is 0.124 e. The molecule has 5 N–H and O–H groups in total. The number of fused-ring (bicyclic) bond motifs is 1. The Bertz CT molecular complexity index is 703. The van der Waals surface area contributed by atoms with Crippen LogP contribution in [0.15, 0.2) is 36.5 Å². The number of aromatic amines is 1.